The lowest BCUT2D eigenvalue weighted by atomic mass is 10.1. The molecule has 164 valence electrons. The fourth-order valence-corrected chi connectivity index (χ4v) is 4.09. The summed E-state index contributed by atoms with van der Waals surface area (Å²) in [6.07, 6.45) is 4.55. The van der Waals surface area contributed by atoms with E-state index in [9.17, 15) is 9.59 Å². The summed E-state index contributed by atoms with van der Waals surface area (Å²) in [4.78, 5) is 27.5. The number of ether oxygens (including phenoxy) is 2. The highest BCUT2D eigenvalue weighted by atomic mass is 32.1. The van der Waals surface area contributed by atoms with Crippen molar-refractivity contribution in [3.8, 4) is 11.5 Å². The van der Waals surface area contributed by atoms with Gasteiger partial charge in [-0.3, -0.25) is 14.9 Å². The van der Waals surface area contributed by atoms with Gasteiger partial charge in [0.05, 0.1) is 19.9 Å². The molecule has 1 aliphatic heterocycles. The van der Waals surface area contributed by atoms with Crippen LogP contribution in [0.4, 0.5) is 5.69 Å². The number of para-hydroxylation sites is 1. The van der Waals surface area contributed by atoms with Gasteiger partial charge >= 0.3 is 0 Å². The Kier molecular flexibility index (Phi) is 5.96. The SMILES string of the molecule is CCCn1cc(/C=C2\C(=O)NC(=S)N(c3cc(OC)ccc3OC)C2=O)c2ccccc21. The number of thiocarbonyl (C=S) groups is 1. The molecule has 2 amide bonds. The van der Waals surface area contributed by atoms with E-state index in [-0.39, 0.29) is 10.7 Å². The molecule has 1 fully saturated rings. The van der Waals surface area contributed by atoms with Gasteiger partial charge in [0.1, 0.15) is 17.1 Å². The van der Waals surface area contributed by atoms with Crippen LogP contribution in [0.3, 0.4) is 0 Å². The minimum atomic E-state index is -0.537. The van der Waals surface area contributed by atoms with Crippen LogP contribution in [0, 0.1) is 0 Å². The van der Waals surface area contributed by atoms with Gasteiger partial charge in [-0.2, -0.15) is 0 Å². The maximum absolute atomic E-state index is 13.5. The van der Waals surface area contributed by atoms with Crippen LogP contribution in [0.15, 0.2) is 54.2 Å². The molecule has 0 atom stereocenters. The van der Waals surface area contributed by atoms with Gasteiger partial charge in [-0.05, 0) is 42.9 Å². The van der Waals surface area contributed by atoms with Crippen LogP contribution in [0.5, 0.6) is 11.5 Å². The minimum Gasteiger partial charge on any atom is -0.497 e. The molecule has 0 radical (unpaired) electrons. The Morgan fingerprint density at radius 2 is 1.88 bits per heavy atom. The van der Waals surface area contributed by atoms with Crippen molar-refractivity contribution in [3.63, 3.8) is 0 Å². The first-order valence-corrected chi connectivity index (χ1v) is 10.6. The first kappa shape index (κ1) is 21.6. The zero-order valence-electron chi connectivity index (χ0n) is 18.0. The number of carbonyl (C=O) groups excluding carboxylic acids is 2. The molecule has 0 saturated carbocycles. The number of hydrogen-bond acceptors (Lipinski definition) is 5. The summed E-state index contributed by atoms with van der Waals surface area (Å²) in [5.74, 6) is -0.110. The minimum absolute atomic E-state index is 0.0112. The van der Waals surface area contributed by atoms with Crippen LogP contribution in [0.25, 0.3) is 17.0 Å². The molecule has 1 aliphatic rings. The standard InChI is InChI=1S/C24H23N3O4S/c1-4-11-26-14-15(17-7-5-6-8-19(17)26)12-18-22(28)25-24(32)27(23(18)29)20-13-16(30-2)9-10-21(20)31-3/h5-10,12-14H,4,11H2,1-3H3,(H,25,28,32)/b18-12+. The molecule has 0 aliphatic carbocycles. The van der Waals surface area contributed by atoms with Crippen molar-refractivity contribution in [1.82, 2.24) is 9.88 Å². The molecule has 32 heavy (non-hydrogen) atoms. The first-order valence-electron chi connectivity index (χ1n) is 10.2. The van der Waals surface area contributed by atoms with Crippen molar-refractivity contribution in [2.75, 3.05) is 19.1 Å². The number of anilines is 1. The average molecular weight is 450 g/mol. The second-order valence-electron chi connectivity index (χ2n) is 7.29. The molecule has 3 aromatic rings. The van der Waals surface area contributed by atoms with Crippen molar-refractivity contribution in [3.05, 3.63) is 59.8 Å². The van der Waals surface area contributed by atoms with E-state index in [0.29, 0.717) is 17.2 Å². The van der Waals surface area contributed by atoms with E-state index in [0.717, 1.165) is 29.4 Å². The van der Waals surface area contributed by atoms with E-state index in [1.54, 1.807) is 24.3 Å². The van der Waals surface area contributed by atoms with E-state index >= 15 is 0 Å². The molecule has 7 nitrogen and oxygen atoms in total. The quantitative estimate of drug-likeness (QED) is 0.351. The van der Waals surface area contributed by atoms with Crippen molar-refractivity contribution in [2.24, 2.45) is 0 Å². The number of amides is 2. The van der Waals surface area contributed by atoms with Gasteiger partial charge < -0.3 is 14.0 Å². The number of rotatable bonds is 6. The zero-order valence-corrected chi connectivity index (χ0v) is 18.9. The predicted octanol–water partition coefficient (Wildman–Crippen LogP) is 3.90. The van der Waals surface area contributed by atoms with Crippen LogP contribution < -0.4 is 19.7 Å². The van der Waals surface area contributed by atoms with Crippen LogP contribution in [0.1, 0.15) is 18.9 Å². The molecule has 1 N–H and O–H groups in total. The largest absolute Gasteiger partial charge is 0.497 e. The van der Waals surface area contributed by atoms with Gasteiger partial charge in [-0.25, -0.2) is 4.90 Å². The summed E-state index contributed by atoms with van der Waals surface area (Å²) in [7, 11) is 3.03. The fourth-order valence-electron chi connectivity index (χ4n) is 3.82. The summed E-state index contributed by atoms with van der Waals surface area (Å²) in [5, 5.41) is 3.57. The van der Waals surface area contributed by atoms with Crippen molar-refractivity contribution >= 4 is 51.8 Å². The van der Waals surface area contributed by atoms with E-state index in [1.807, 2.05) is 30.5 Å². The summed E-state index contributed by atoms with van der Waals surface area (Å²) in [5.41, 5.74) is 2.22. The molecule has 0 spiro atoms. The number of fused-ring (bicyclic) bond motifs is 1. The van der Waals surface area contributed by atoms with Crippen LogP contribution in [-0.2, 0) is 16.1 Å². The van der Waals surface area contributed by atoms with Crippen molar-refractivity contribution in [2.45, 2.75) is 19.9 Å². The highest BCUT2D eigenvalue weighted by Crippen LogP contribution is 2.35. The Morgan fingerprint density at radius 3 is 2.59 bits per heavy atom. The van der Waals surface area contributed by atoms with E-state index in [1.165, 1.54) is 19.1 Å². The Morgan fingerprint density at radius 1 is 1.09 bits per heavy atom. The Bertz CT molecular complexity index is 1260. The highest BCUT2D eigenvalue weighted by molar-refractivity contribution is 7.80. The summed E-state index contributed by atoms with van der Waals surface area (Å²) in [6.45, 7) is 2.94. The van der Waals surface area contributed by atoms with Crippen LogP contribution >= 0.6 is 12.2 Å². The zero-order chi connectivity index (χ0) is 22.8. The molecule has 2 heterocycles. The number of carbonyl (C=O) groups is 2. The molecule has 8 heteroatoms. The van der Waals surface area contributed by atoms with Gasteiger partial charge in [0.2, 0.25) is 0 Å². The molecule has 2 aromatic carbocycles. The van der Waals surface area contributed by atoms with Crippen LogP contribution in [0.2, 0.25) is 0 Å². The number of aryl methyl sites for hydroxylation is 1. The number of nitrogens with one attached hydrogen (secondary N) is 1. The lowest BCUT2D eigenvalue weighted by molar-refractivity contribution is -0.122. The summed E-state index contributed by atoms with van der Waals surface area (Å²) >= 11 is 5.33. The maximum atomic E-state index is 13.5. The smallest absolute Gasteiger partial charge is 0.270 e. The van der Waals surface area contributed by atoms with Gasteiger partial charge in [0.15, 0.2) is 5.11 Å². The monoisotopic (exact) mass is 449 g/mol. The second kappa shape index (κ2) is 8.84. The fraction of sp³-hybridized carbons (Fsp3) is 0.208. The van der Waals surface area contributed by atoms with Gasteiger partial charge in [-0.15, -0.1) is 0 Å². The highest BCUT2D eigenvalue weighted by Gasteiger charge is 2.36. The maximum Gasteiger partial charge on any atom is 0.270 e. The van der Waals surface area contributed by atoms with Gasteiger partial charge in [0.25, 0.3) is 11.8 Å². The van der Waals surface area contributed by atoms with Crippen LogP contribution in [-0.4, -0.2) is 35.7 Å². The van der Waals surface area contributed by atoms with Gasteiger partial charge in [0, 0.05) is 35.3 Å². The van der Waals surface area contributed by atoms with Gasteiger partial charge in [-0.1, -0.05) is 25.1 Å². The first-order chi connectivity index (χ1) is 15.5. The Balaban J connectivity index is 1.82. The molecule has 0 unspecified atom stereocenters. The number of benzene rings is 2. The topological polar surface area (TPSA) is 72.8 Å². The predicted molar refractivity (Wildman–Crippen MR) is 128 cm³/mol. The lowest BCUT2D eigenvalue weighted by Crippen LogP contribution is -2.54. The third-order valence-electron chi connectivity index (χ3n) is 5.31. The third kappa shape index (κ3) is 3.73. The second-order valence-corrected chi connectivity index (χ2v) is 7.68. The van der Waals surface area contributed by atoms with E-state index < -0.39 is 11.8 Å². The number of hydrogen-bond donors (Lipinski definition) is 1. The average Bonchev–Trinajstić information content (AvgIpc) is 3.14. The van der Waals surface area contributed by atoms with Crippen molar-refractivity contribution < 1.29 is 19.1 Å². The van der Waals surface area contributed by atoms with E-state index in [2.05, 4.69) is 16.8 Å². The number of methoxy groups -OCH3 is 2. The van der Waals surface area contributed by atoms with E-state index in [4.69, 9.17) is 21.7 Å². The molecular weight excluding hydrogens is 426 g/mol. The molecule has 0 bridgehead atoms. The molecule has 4 rings (SSSR count). The molecule has 1 saturated heterocycles. The summed E-state index contributed by atoms with van der Waals surface area (Å²) in [6, 6.07) is 13.0. The lowest BCUT2D eigenvalue weighted by Gasteiger charge is -2.30. The molecule has 1 aromatic heterocycles. The third-order valence-corrected chi connectivity index (χ3v) is 5.60. The van der Waals surface area contributed by atoms with Crippen molar-refractivity contribution in [1.29, 1.82) is 0 Å². The normalized spacial score (nSPS) is 15.4. The Hall–Kier alpha value is -3.65. The summed E-state index contributed by atoms with van der Waals surface area (Å²) < 4.78 is 12.8. The number of aromatic nitrogens is 1. The number of nitrogens with zero attached hydrogens (tertiary/aromatic N) is 2. The Labute approximate surface area is 191 Å². The molecular formula is C24H23N3O4S.